The minimum atomic E-state index is -0.911. The van der Waals surface area contributed by atoms with Crippen molar-refractivity contribution in [2.24, 2.45) is 11.8 Å². The maximum atomic E-state index is 12.1. The van der Waals surface area contributed by atoms with Crippen molar-refractivity contribution < 1.29 is 19.4 Å². The molecule has 2 bridgehead atoms. The van der Waals surface area contributed by atoms with E-state index in [1.54, 1.807) is 20.8 Å². The van der Waals surface area contributed by atoms with Crippen LogP contribution in [0.25, 0.3) is 0 Å². The Kier molecular flexibility index (Phi) is 3.25. The molecule has 1 saturated carbocycles. The lowest BCUT2D eigenvalue weighted by Crippen LogP contribution is -2.53. The number of aliphatic carboxylic acids is 1. The lowest BCUT2D eigenvalue weighted by atomic mass is 9.91. The van der Waals surface area contributed by atoms with Crippen molar-refractivity contribution in [3.8, 4) is 0 Å². The topological polar surface area (TPSA) is 66.8 Å². The molecule has 0 radical (unpaired) electrons. The van der Waals surface area contributed by atoms with Crippen LogP contribution >= 0.6 is 0 Å². The summed E-state index contributed by atoms with van der Waals surface area (Å²) in [6.45, 7) is 5.89. The molecule has 3 atom stereocenters. The van der Waals surface area contributed by atoms with E-state index in [0.717, 1.165) is 19.3 Å². The summed E-state index contributed by atoms with van der Waals surface area (Å²) in [5, 5.41) is 9.33. The lowest BCUT2D eigenvalue weighted by molar-refractivity contribution is -0.146. The molecule has 1 aliphatic heterocycles. The molecule has 1 heterocycles. The highest BCUT2D eigenvalue weighted by Crippen LogP contribution is 2.40. The molecule has 0 aromatic carbocycles. The molecule has 1 saturated heterocycles. The van der Waals surface area contributed by atoms with Crippen molar-refractivity contribution in [2.75, 3.05) is 6.54 Å². The summed E-state index contributed by atoms with van der Waals surface area (Å²) in [4.78, 5) is 24.9. The molecular formula is C13H21NO4. The SMILES string of the molecule is CC(C)(C)OC(=O)N1CC2CCC(C2)C1C(=O)O. The highest BCUT2D eigenvalue weighted by molar-refractivity contribution is 5.81. The zero-order valence-electron chi connectivity index (χ0n) is 11.2. The van der Waals surface area contributed by atoms with Crippen LogP contribution in [0.15, 0.2) is 0 Å². The molecule has 102 valence electrons. The van der Waals surface area contributed by atoms with E-state index in [0.29, 0.717) is 12.5 Å². The number of carbonyl (C=O) groups excluding carboxylic acids is 1. The van der Waals surface area contributed by atoms with Gasteiger partial charge < -0.3 is 9.84 Å². The number of nitrogens with zero attached hydrogens (tertiary/aromatic N) is 1. The van der Waals surface area contributed by atoms with E-state index in [1.807, 2.05) is 0 Å². The lowest BCUT2D eigenvalue weighted by Gasteiger charge is -2.38. The summed E-state index contributed by atoms with van der Waals surface area (Å²) >= 11 is 0. The summed E-state index contributed by atoms with van der Waals surface area (Å²) in [5.41, 5.74) is -0.587. The molecule has 18 heavy (non-hydrogen) atoms. The summed E-state index contributed by atoms with van der Waals surface area (Å²) in [6.07, 6.45) is 2.36. The number of hydrogen-bond donors (Lipinski definition) is 1. The van der Waals surface area contributed by atoms with E-state index in [-0.39, 0.29) is 5.92 Å². The average Bonchev–Trinajstić information content (AvgIpc) is 2.56. The Morgan fingerprint density at radius 3 is 2.50 bits per heavy atom. The Balaban J connectivity index is 2.14. The first-order valence-electron chi connectivity index (χ1n) is 6.50. The second kappa shape index (κ2) is 4.44. The van der Waals surface area contributed by atoms with Crippen LogP contribution in [-0.4, -0.2) is 40.3 Å². The Labute approximate surface area is 107 Å². The minimum absolute atomic E-state index is 0.0915. The van der Waals surface area contributed by atoms with Gasteiger partial charge in [0.1, 0.15) is 11.6 Å². The number of hydrogen-bond acceptors (Lipinski definition) is 3. The quantitative estimate of drug-likeness (QED) is 0.779. The van der Waals surface area contributed by atoms with Crippen molar-refractivity contribution in [1.82, 2.24) is 4.90 Å². The predicted molar refractivity (Wildman–Crippen MR) is 65.2 cm³/mol. The molecule has 1 amide bonds. The molecule has 0 aromatic rings. The molecule has 2 rings (SSSR count). The summed E-state index contributed by atoms with van der Waals surface area (Å²) in [6, 6.07) is -0.710. The van der Waals surface area contributed by atoms with Crippen LogP contribution in [0, 0.1) is 11.8 Å². The maximum absolute atomic E-state index is 12.1. The third-order valence-electron chi connectivity index (χ3n) is 3.70. The molecule has 2 aliphatic rings. The van der Waals surface area contributed by atoms with Gasteiger partial charge in [-0.1, -0.05) is 0 Å². The highest BCUT2D eigenvalue weighted by atomic mass is 16.6. The fourth-order valence-corrected chi connectivity index (χ4v) is 3.06. The first kappa shape index (κ1) is 13.2. The Morgan fingerprint density at radius 1 is 1.28 bits per heavy atom. The van der Waals surface area contributed by atoms with E-state index in [1.165, 1.54) is 4.90 Å². The number of carbonyl (C=O) groups is 2. The zero-order valence-corrected chi connectivity index (χ0v) is 11.2. The van der Waals surface area contributed by atoms with Gasteiger partial charge in [-0.3, -0.25) is 4.90 Å². The van der Waals surface area contributed by atoms with Crippen LogP contribution in [0.3, 0.4) is 0 Å². The Morgan fingerprint density at radius 2 is 1.94 bits per heavy atom. The van der Waals surface area contributed by atoms with Gasteiger partial charge in [0.2, 0.25) is 0 Å². The van der Waals surface area contributed by atoms with Crippen molar-refractivity contribution in [1.29, 1.82) is 0 Å². The van der Waals surface area contributed by atoms with Crippen LogP contribution in [0.5, 0.6) is 0 Å². The monoisotopic (exact) mass is 255 g/mol. The fourth-order valence-electron chi connectivity index (χ4n) is 3.06. The molecule has 5 nitrogen and oxygen atoms in total. The second-order valence-corrected chi connectivity index (χ2v) is 6.35. The maximum Gasteiger partial charge on any atom is 0.411 e. The van der Waals surface area contributed by atoms with E-state index >= 15 is 0 Å². The Bertz CT molecular complexity index is 360. The molecule has 1 N–H and O–H groups in total. The van der Waals surface area contributed by atoms with Gasteiger partial charge in [-0.25, -0.2) is 9.59 Å². The number of piperidine rings is 1. The van der Waals surface area contributed by atoms with Gasteiger partial charge in [0.05, 0.1) is 0 Å². The number of likely N-dealkylation sites (tertiary alicyclic amines) is 1. The third kappa shape index (κ3) is 2.60. The molecule has 0 spiro atoms. The van der Waals surface area contributed by atoms with Gasteiger partial charge >= 0.3 is 12.1 Å². The summed E-state index contributed by atoms with van der Waals surface area (Å²) in [5.74, 6) is -0.377. The number of amides is 1. The number of ether oxygens (including phenoxy) is 1. The zero-order chi connectivity index (χ0) is 13.5. The fraction of sp³-hybridized carbons (Fsp3) is 0.846. The number of rotatable bonds is 1. The van der Waals surface area contributed by atoms with Gasteiger partial charge in [-0.2, -0.15) is 0 Å². The van der Waals surface area contributed by atoms with Gasteiger partial charge in [-0.15, -0.1) is 0 Å². The van der Waals surface area contributed by atoms with Gasteiger partial charge in [-0.05, 0) is 51.9 Å². The molecule has 5 heteroatoms. The largest absolute Gasteiger partial charge is 0.480 e. The molecule has 1 aliphatic carbocycles. The van der Waals surface area contributed by atoms with Crippen molar-refractivity contribution >= 4 is 12.1 Å². The van der Waals surface area contributed by atoms with E-state index in [9.17, 15) is 14.7 Å². The van der Waals surface area contributed by atoms with Crippen molar-refractivity contribution in [3.05, 3.63) is 0 Å². The molecule has 3 unspecified atom stereocenters. The van der Waals surface area contributed by atoms with Crippen LogP contribution in [0.1, 0.15) is 40.0 Å². The van der Waals surface area contributed by atoms with Crippen LogP contribution in [-0.2, 0) is 9.53 Å². The van der Waals surface area contributed by atoms with E-state index in [4.69, 9.17) is 4.74 Å². The van der Waals surface area contributed by atoms with Crippen LogP contribution in [0.4, 0.5) is 4.79 Å². The number of carboxylic acids is 1. The van der Waals surface area contributed by atoms with Crippen LogP contribution < -0.4 is 0 Å². The van der Waals surface area contributed by atoms with Crippen molar-refractivity contribution in [2.45, 2.75) is 51.7 Å². The van der Waals surface area contributed by atoms with Gasteiger partial charge in [0.25, 0.3) is 0 Å². The standard InChI is InChI=1S/C13H21NO4/c1-13(2,3)18-12(17)14-7-8-4-5-9(6-8)10(14)11(15)16/h8-10H,4-7H2,1-3H3,(H,15,16). The first-order valence-corrected chi connectivity index (χ1v) is 6.50. The Hall–Kier alpha value is -1.26. The summed E-state index contributed by atoms with van der Waals surface area (Å²) < 4.78 is 5.31. The van der Waals surface area contributed by atoms with Crippen molar-refractivity contribution in [3.63, 3.8) is 0 Å². The third-order valence-corrected chi connectivity index (χ3v) is 3.70. The highest BCUT2D eigenvalue weighted by Gasteiger charge is 2.47. The van der Waals surface area contributed by atoms with Gasteiger partial charge in [0, 0.05) is 6.54 Å². The minimum Gasteiger partial charge on any atom is -0.480 e. The normalized spacial score (nSPS) is 31.3. The second-order valence-electron chi connectivity index (χ2n) is 6.35. The smallest absolute Gasteiger partial charge is 0.411 e. The molecule has 2 fully saturated rings. The summed E-state index contributed by atoms with van der Waals surface area (Å²) in [7, 11) is 0. The number of fused-ring (bicyclic) bond motifs is 2. The predicted octanol–water partition coefficient (Wildman–Crippen LogP) is 2.11. The number of carboxylic acid groups (broad SMARTS) is 1. The average molecular weight is 255 g/mol. The molecule has 0 aromatic heterocycles. The van der Waals surface area contributed by atoms with Gasteiger partial charge in [0.15, 0.2) is 0 Å². The first-order chi connectivity index (χ1) is 8.28. The van der Waals surface area contributed by atoms with E-state index in [2.05, 4.69) is 0 Å². The molecular weight excluding hydrogens is 234 g/mol. The van der Waals surface area contributed by atoms with Crippen LogP contribution in [0.2, 0.25) is 0 Å². The van der Waals surface area contributed by atoms with E-state index < -0.39 is 23.7 Å².